The molecular weight excluding hydrogens is 620 g/mol. The molecule has 0 aliphatic carbocycles. The van der Waals surface area contributed by atoms with Gasteiger partial charge in [0.25, 0.3) is 11.8 Å². The van der Waals surface area contributed by atoms with E-state index < -0.39 is 0 Å². The van der Waals surface area contributed by atoms with E-state index >= 15 is 0 Å². The molecule has 0 radical (unpaired) electrons. The van der Waals surface area contributed by atoms with Gasteiger partial charge in [0.15, 0.2) is 0 Å². The van der Waals surface area contributed by atoms with Crippen molar-refractivity contribution in [3.05, 3.63) is 75.6 Å². The van der Waals surface area contributed by atoms with Gasteiger partial charge in [0, 0.05) is 29.0 Å². The first-order valence-corrected chi connectivity index (χ1v) is 11.4. The van der Waals surface area contributed by atoms with Crippen molar-refractivity contribution in [2.24, 2.45) is 0 Å². The van der Waals surface area contributed by atoms with Gasteiger partial charge >= 0.3 is 0 Å². The summed E-state index contributed by atoms with van der Waals surface area (Å²) >= 11 is 14.1. The average molecular weight is 632 g/mol. The third kappa shape index (κ3) is 3.14. The molecule has 2 aliphatic heterocycles. The van der Waals surface area contributed by atoms with Gasteiger partial charge in [-0.05, 0) is 49.2 Å². The summed E-state index contributed by atoms with van der Waals surface area (Å²) in [6.45, 7) is 3.95. The van der Waals surface area contributed by atoms with Gasteiger partial charge in [-0.15, -0.1) is 0 Å². The molecule has 2 aromatic carbocycles. The molecule has 2 aliphatic rings. The Morgan fingerprint density at radius 3 is 1.18 bits per heavy atom. The van der Waals surface area contributed by atoms with Gasteiger partial charge in [0.2, 0.25) is 0 Å². The molecule has 0 atom stereocenters. The van der Waals surface area contributed by atoms with Crippen LogP contribution in [0.5, 0.6) is 0 Å². The molecule has 4 rings (SSSR count). The molecule has 142 valence electrons. The van der Waals surface area contributed by atoms with Crippen molar-refractivity contribution in [2.75, 3.05) is 0 Å². The van der Waals surface area contributed by atoms with E-state index in [0.29, 0.717) is 22.5 Å². The minimum atomic E-state index is -0.293. The van der Waals surface area contributed by atoms with Crippen molar-refractivity contribution in [1.82, 2.24) is 10.6 Å². The molecule has 2 heterocycles. The van der Waals surface area contributed by atoms with Crippen LogP contribution in [0.4, 0.5) is 0 Å². The predicted molar refractivity (Wildman–Crippen MR) is 123 cm³/mol. The third-order valence-electron chi connectivity index (χ3n) is 4.82. The Hall–Kier alpha value is -1.22. The molecule has 2 N–H and O–H groups in total. The van der Waals surface area contributed by atoms with E-state index in [2.05, 4.69) is 74.4 Å². The number of fused-ring (bicyclic) bond motifs is 1. The maximum Gasteiger partial charge on any atom is 0.258 e. The SMILES string of the molecule is Cc1c(Br)cc(C2=C3C(=O)NC(c4cc(Br)c(C)c(Br)c4)=C3C(=O)N2)cc1Br. The first-order chi connectivity index (χ1) is 13.2. The molecule has 2 amide bonds. The maximum atomic E-state index is 12.8. The third-order valence-corrected chi connectivity index (χ3v) is 8.12. The molecule has 0 fully saturated rings. The molecule has 0 bridgehead atoms. The van der Waals surface area contributed by atoms with Gasteiger partial charge in [-0.25, -0.2) is 0 Å². The standard InChI is InChI=1S/C20H12Br4N2O2/c1-7-11(21)3-9(4-12(7)22)17-15-16(20(28)25-17)18(26-19(15)27)10-5-13(23)8(2)14(24)6-10/h3-6H,1-2H3,(H,25,28)(H,26,27). The fourth-order valence-corrected chi connectivity index (χ4v) is 5.57. The van der Waals surface area contributed by atoms with Crippen molar-refractivity contribution in [2.45, 2.75) is 13.8 Å². The van der Waals surface area contributed by atoms with Gasteiger partial charge in [0.1, 0.15) is 0 Å². The number of nitrogens with one attached hydrogen (secondary N) is 2. The van der Waals surface area contributed by atoms with Crippen LogP contribution in [-0.4, -0.2) is 11.8 Å². The number of hydrogen-bond donors (Lipinski definition) is 2. The predicted octanol–water partition coefficient (Wildman–Crippen LogP) is 5.74. The number of rotatable bonds is 2. The minimum Gasteiger partial charge on any atom is -0.321 e. The molecule has 0 unspecified atom stereocenters. The molecule has 8 heteroatoms. The highest BCUT2D eigenvalue weighted by molar-refractivity contribution is 9.11. The fourth-order valence-electron chi connectivity index (χ4n) is 3.19. The first kappa shape index (κ1) is 20.1. The zero-order chi connectivity index (χ0) is 20.3. The Morgan fingerprint density at radius 2 is 0.893 bits per heavy atom. The average Bonchev–Trinajstić information content (AvgIpc) is 3.15. The lowest BCUT2D eigenvalue weighted by atomic mass is 10.0. The lowest BCUT2D eigenvalue weighted by Gasteiger charge is -2.11. The van der Waals surface area contributed by atoms with Gasteiger partial charge in [-0.1, -0.05) is 63.7 Å². The molecule has 2 aromatic rings. The molecule has 28 heavy (non-hydrogen) atoms. The van der Waals surface area contributed by atoms with Gasteiger partial charge in [-0.3, -0.25) is 9.59 Å². The minimum absolute atomic E-state index is 0.293. The van der Waals surface area contributed by atoms with E-state index in [0.717, 1.165) is 40.1 Å². The second kappa shape index (κ2) is 7.23. The quantitative estimate of drug-likeness (QED) is 0.445. The van der Waals surface area contributed by atoms with Gasteiger partial charge in [-0.2, -0.15) is 0 Å². The smallest absolute Gasteiger partial charge is 0.258 e. The highest BCUT2D eigenvalue weighted by Gasteiger charge is 2.41. The van der Waals surface area contributed by atoms with Crippen LogP contribution in [0, 0.1) is 13.8 Å². The fraction of sp³-hybridized carbons (Fsp3) is 0.100. The number of hydrogen-bond acceptors (Lipinski definition) is 2. The second-order valence-electron chi connectivity index (χ2n) is 6.54. The number of halogens is 4. The topological polar surface area (TPSA) is 58.2 Å². The monoisotopic (exact) mass is 628 g/mol. The van der Waals surface area contributed by atoms with Crippen LogP contribution in [0.1, 0.15) is 22.3 Å². The Morgan fingerprint density at radius 1 is 0.607 bits per heavy atom. The summed E-state index contributed by atoms with van der Waals surface area (Å²) in [5.41, 5.74) is 5.36. The summed E-state index contributed by atoms with van der Waals surface area (Å²) in [6, 6.07) is 7.60. The van der Waals surface area contributed by atoms with Crippen LogP contribution in [0.2, 0.25) is 0 Å². The number of carbonyl (C=O) groups is 2. The number of benzene rings is 2. The molecule has 0 saturated carbocycles. The Bertz CT molecular complexity index is 1030. The lowest BCUT2D eigenvalue weighted by molar-refractivity contribution is -0.117. The number of carbonyl (C=O) groups excluding carboxylic acids is 2. The Labute approximate surface area is 195 Å². The molecule has 0 saturated heterocycles. The summed E-state index contributed by atoms with van der Waals surface area (Å²) in [5, 5.41) is 5.75. The van der Waals surface area contributed by atoms with Crippen molar-refractivity contribution in [3.63, 3.8) is 0 Å². The van der Waals surface area contributed by atoms with Crippen molar-refractivity contribution >= 4 is 86.9 Å². The Kier molecular flexibility index (Phi) is 5.18. The van der Waals surface area contributed by atoms with Crippen molar-refractivity contribution < 1.29 is 9.59 Å². The maximum absolute atomic E-state index is 12.8. The highest BCUT2D eigenvalue weighted by atomic mass is 79.9. The summed E-state index contributed by atoms with van der Waals surface area (Å²) in [7, 11) is 0. The summed E-state index contributed by atoms with van der Waals surface area (Å²) < 4.78 is 3.56. The zero-order valence-electron chi connectivity index (χ0n) is 14.6. The van der Waals surface area contributed by atoms with Crippen LogP contribution < -0.4 is 10.6 Å². The van der Waals surface area contributed by atoms with E-state index in [4.69, 9.17) is 0 Å². The van der Waals surface area contributed by atoms with E-state index in [1.165, 1.54) is 0 Å². The Balaban J connectivity index is 1.93. The largest absolute Gasteiger partial charge is 0.321 e. The van der Waals surface area contributed by atoms with Crippen LogP contribution >= 0.6 is 63.7 Å². The summed E-state index contributed by atoms with van der Waals surface area (Å²) in [4.78, 5) is 25.6. The van der Waals surface area contributed by atoms with E-state index in [1.54, 1.807) is 0 Å². The van der Waals surface area contributed by atoms with Crippen LogP contribution in [0.3, 0.4) is 0 Å². The summed E-state index contributed by atoms with van der Waals surface area (Å²) in [5.74, 6) is -0.585. The van der Waals surface area contributed by atoms with Crippen LogP contribution in [0.15, 0.2) is 53.3 Å². The molecule has 0 aromatic heterocycles. The zero-order valence-corrected chi connectivity index (χ0v) is 21.0. The number of amides is 2. The molecule has 0 spiro atoms. The van der Waals surface area contributed by atoms with Crippen LogP contribution in [0.25, 0.3) is 11.4 Å². The van der Waals surface area contributed by atoms with Gasteiger partial charge in [0.05, 0.1) is 22.5 Å². The highest BCUT2D eigenvalue weighted by Crippen LogP contribution is 2.40. The second-order valence-corrected chi connectivity index (χ2v) is 9.96. The normalized spacial score (nSPS) is 15.9. The first-order valence-electron chi connectivity index (χ1n) is 8.22. The van der Waals surface area contributed by atoms with Crippen molar-refractivity contribution in [1.29, 1.82) is 0 Å². The van der Waals surface area contributed by atoms with Gasteiger partial charge < -0.3 is 10.6 Å². The lowest BCUT2D eigenvalue weighted by Crippen LogP contribution is -2.21. The van der Waals surface area contributed by atoms with Crippen LogP contribution in [-0.2, 0) is 9.59 Å². The molecular formula is C20H12Br4N2O2. The molecule has 4 nitrogen and oxygen atoms in total. The summed E-state index contributed by atoms with van der Waals surface area (Å²) in [6.07, 6.45) is 0. The van der Waals surface area contributed by atoms with E-state index in [-0.39, 0.29) is 11.8 Å². The van der Waals surface area contributed by atoms with E-state index in [1.807, 2.05) is 38.1 Å². The van der Waals surface area contributed by atoms with E-state index in [9.17, 15) is 9.59 Å². The van der Waals surface area contributed by atoms with Crippen molar-refractivity contribution in [3.8, 4) is 0 Å².